The summed E-state index contributed by atoms with van der Waals surface area (Å²) >= 11 is 0. The number of nitrogens with zero attached hydrogens (tertiary/aromatic N) is 2. The van der Waals surface area contributed by atoms with Crippen LogP contribution in [-0.2, 0) is 11.3 Å². The zero-order valence-electron chi connectivity index (χ0n) is 10.7. The lowest BCUT2D eigenvalue weighted by Gasteiger charge is -1.98. The van der Waals surface area contributed by atoms with Crippen LogP contribution in [0.4, 0.5) is 0 Å². The van der Waals surface area contributed by atoms with Crippen LogP contribution in [0.1, 0.15) is 24.2 Å². The molecule has 19 heavy (non-hydrogen) atoms. The molecule has 0 atom stereocenters. The second-order valence-electron chi connectivity index (χ2n) is 4.88. The third-order valence-corrected chi connectivity index (χ3v) is 3.10. The van der Waals surface area contributed by atoms with Crippen LogP contribution < -0.4 is 5.32 Å². The van der Waals surface area contributed by atoms with Gasteiger partial charge < -0.3 is 9.84 Å². The second kappa shape index (κ2) is 4.84. The molecule has 5 nitrogen and oxygen atoms in total. The Bertz CT molecular complexity index is 602. The van der Waals surface area contributed by atoms with Crippen LogP contribution in [0.2, 0.25) is 0 Å². The summed E-state index contributed by atoms with van der Waals surface area (Å²) in [5, 5.41) is 6.69. The second-order valence-corrected chi connectivity index (χ2v) is 4.88. The maximum atomic E-state index is 11.5. The van der Waals surface area contributed by atoms with Gasteiger partial charge in [-0.1, -0.05) is 22.9 Å². The van der Waals surface area contributed by atoms with Crippen LogP contribution in [0.25, 0.3) is 11.5 Å². The van der Waals surface area contributed by atoms with Gasteiger partial charge in [-0.3, -0.25) is 4.79 Å². The normalized spacial score (nSPS) is 14.4. The molecule has 2 aromatic rings. The van der Waals surface area contributed by atoms with E-state index < -0.39 is 0 Å². The summed E-state index contributed by atoms with van der Waals surface area (Å²) in [6.07, 6.45) is 1.99. The maximum absolute atomic E-state index is 11.5. The van der Waals surface area contributed by atoms with Crippen LogP contribution in [0.3, 0.4) is 0 Å². The lowest BCUT2D eigenvalue weighted by molar-refractivity contribution is -0.122. The molecule has 1 aromatic carbocycles. The van der Waals surface area contributed by atoms with Gasteiger partial charge >= 0.3 is 0 Å². The van der Waals surface area contributed by atoms with Crippen LogP contribution >= 0.6 is 0 Å². The number of rotatable bonds is 4. The lowest BCUT2D eigenvalue weighted by Crippen LogP contribution is -2.24. The van der Waals surface area contributed by atoms with Gasteiger partial charge in [0.2, 0.25) is 5.91 Å². The van der Waals surface area contributed by atoms with Crippen molar-refractivity contribution < 1.29 is 9.32 Å². The highest BCUT2D eigenvalue weighted by molar-refractivity contribution is 5.80. The molecule has 1 saturated carbocycles. The molecular formula is C14H15N3O2. The largest absolute Gasteiger partial charge is 0.348 e. The molecular weight excluding hydrogens is 242 g/mol. The summed E-state index contributed by atoms with van der Waals surface area (Å²) in [6.45, 7) is 2.33. The van der Waals surface area contributed by atoms with Gasteiger partial charge in [-0.05, 0) is 31.9 Å². The summed E-state index contributed by atoms with van der Waals surface area (Å²) in [7, 11) is 0. The first kappa shape index (κ1) is 11.9. The van der Waals surface area contributed by atoms with E-state index in [-0.39, 0.29) is 11.8 Å². The highest BCUT2D eigenvalue weighted by atomic mass is 16.5. The molecule has 5 heteroatoms. The number of aromatic nitrogens is 2. The Morgan fingerprint density at radius 1 is 1.47 bits per heavy atom. The van der Waals surface area contributed by atoms with Gasteiger partial charge in [0.05, 0.1) is 6.54 Å². The minimum absolute atomic E-state index is 0.0851. The molecule has 0 radical (unpaired) electrons. The van der Waals surface area contributed by atoms with E-state index in [0.717, 1.165) is 24.0 Å². The Morgan fingerprint density at radius 3 is 3.05 bits per heavy atom. The number of benzene rings is 1. The first-order valence-electron chi connectivity index (χ1n) is 6.40. The molecule has 1 aromatic heterocycles. The highest BCUT2D eigenvalue weighted by Gasteiger charge is 2.29. The minimum atomic E-state index is 0.0851. The van der Waals surface area contributed by atoms with E-state index in [1.54, 1.807) is 0 Å². The summed E-state index contributed by atoms with van der Waals surface area (Å²) < 4.78 is 5.20. The van der Waals surface area contributed by atoms with Crippen LogP contribution in [0.15, 0.2) is 28.8 Å². The minimum Gasteiger partial charge on any atom is -0.348 e. The van der Waals surface area contributed by atoms with Crippen molar-refractivity contribution in [2.45, 2.75) is 26.3 Å². The Balaban J connectivity index is 1.67. The summed E-state index contributed by atoms with van der Waals surface area (Å²) in [5.74, 6) is 1.27. The summed E-state index contributed by atoms with van der Waals surface area (Å²) in [4.78, 5) is 15.8. The topological polar surface area (TPSA) is 68.0 Å². The van der Waals surface area contributed by atoms with E-state index in [4.69, 9.17) is 4.52 Å². The van der Waals surface area contributed by atoms with Gasteiger partial charge in [0, 0.05) is 11.5 Å². The lowest BCUT2D eigenvalue weighted by atomic mass is 10.1. The van der Waals surface area contributed by atoms with Crippen molar-refractivity contribution in [2.75, 3.05) is 0 Å². The average molecular weight is 257 g/mol. The number of hydrogen-bond donors (Lipinski definition) is 1. The molecule has 1 N–H and O–H groups in total. The first-order valence-corrected chi connectivity index (χ1v) is 6.40. The molecule has 1 aliphatic rings. The number of aryl methyl sites for hydroxylation is 1. The van der Waals surface area contributed by atoms with Crippen molar-refractivity contribution in [3.05, 3.63) is 35.7 Å². The van der Waals surface area contributed by atoms with E-state index >= 15 is 0 Å². The molecule has 0 spiro atoms. The van der Waals surface area contributed by atoms with Gasteiger partial charge in [-0.25, -0.2) is 0 Å². The zero-order valence-corrected chi connectivity index (χ0v) is 10.7. The fourth-order valence-corrected chi connectivity index (χ4v) is 1.88. The Morgan fingerprint density at radius 2 is 2.32 bits per heavy atom. The number of carbonyl (C=O) groups is 1. The van der Waals surface area contributed by atoms with Gasteiger partial charge in [0.25, 0.3) is 5.89 Å². The van der Waals surface area contributed by atoms with Crippen molar-refractivity contribution in [3.63, 3.8) is 0 Å². The number of carbonyl (C=O) groups excluding carboxylic acids is 1. The number of nitrogens with one attached hydrogen (secondary N) is 1. The van der Waals surface area contributed by atoms with Crippen molar-refractivity contribution >= 4 is 5.91 Å². The van der Waals surface area contributed by atoms with Crippen LogP contribution in [0.5, 0.6) is 0 Å². The predicted octanol–water partition coefficient (Wildman–Crippen LogP) is 2.07. The van der Waals surface area contributed by atoms with E-state index in [1.165, 1.54) is 0 Å². The fourth-order valence-electron chi connectivity index (χ4n) is 1.88. The quantitative estimate of drug-likeness (QED) is 0.910. The molecule has 3 rings (SSSR count). The van der Waals surface area contributed by atoms with Gasteiger partial charge in [-0.2, -0.15) is 4.98 Å². The van der Waals surface area contributed by atoms with Crippen LogP contribution in [-0.4, -0.2) is 16.0 Å². The fraction of sp³-hybridized carbons (Fsp3) is 0.357. The first-order chi connectivity index (χ1) is 9.22. The monoisotopic (exact) mass is 257 g/mol. The highest BCUT2D eigenvalue weighted by Crippen LogP contribution is 2.28. The standard InChI is InChI=1S/C14H15N3O2/c1-9-3-2-4-11(7-9)14-16-12(17-19-14)8-15-13(18)10-5-6-10/h2-4,7,10H,5-6,8H2,1H3,(H,15,18). The molecule has 0 aliphatic heterocycles. The summed E-state index contributed by atoms with van der Waals surface area (Å²) in [5.41, 5.74) is 2.03. The summed E-state index contributed by atoms with van der Waals surface area (Å²) in [6, 6.07) is 7.87. The zero-order chi connectivity index (χ0) is 13.2. The number of hydrogen-bond acceptors (Lipinski definition) is 4. The SMILES string of the molecule is Cc1cccc(-c2nc(CNC(=O)C3CC3)no2)c1. The van der Waals surface area contributed by atoms with Gasteiger partial charge in [-0.15, -0.1) is 0 Å². The average Bonchev–Trinajstić information content (AvgIpc) is 3.15. The maximum Gasteiger partial charge on any atom is 0.257 e. The van der Waals surface area contributed by atoms with Gasteiger partial charge in [0.1, 0.15) is 0 Å². The van der Waals surface area contributed by atoms with E-state index in [9.17, 15) is 4.79 Å². The van der Waals surface area contributed by atoms with Gasteiger partial charge in [0.15, 0.2) is 5.82 Å². The molecule has 1 heterocycles. The molecule has 1 fully saturated rings. The third-order valence-electron chi connectivity index (χ3n) is 3.10. The van der Waals surface area contributed by atoms with Crippen molar-refractivity contribution in [1.82, 2.24) is 15.5 Å². The Kier molecular flexibility index (Phi) is 3.03. The van der Waals surface area contributed by atoms with Crippen molar-refractivity contribution in [2.24, 2.45) is 5.92 Å². The van der Waals surface area contributed by atoms with Crippen molar-refractivity contribution in [1.29, 1.82) is 0 Å². The van der Waals surface area contributed by atoms with E-state index in [0.29, 0.717) is 18.3 Å². The number of amides is 1. The molecule has 0 unspecified atom stereocenters. The smallest absolute Gasteiger partial charge is 0.257 e. The molecule has 1 amide bonds. The van der Waals surface area contributed by atoms with E-state index in [1.807, 2.05) is 31.2 Å². The van der Waals surface area contributed by atoms with Crippen molar-refractivity contribution in [3.8, 4) is 11.5 Å². The molecule has 98 valence electrons. The molecule has 1 aliphatic carbocycles. The Hall–Kier alpha value is -2.17. The molecule has 0 bridgehead atoms. The molecule has 0 saturated heterocycles. The third kappa shape index (κ3) is 2.81. The Labute approximate surface area is 111 Å². The predicted molar refractivity (Wildman–Crippen MR) is 69.0 cm³/mol. The van der Waals surface area contributed by atoms with E-state index in [2.05, 4.69) is 15.5 Å². The van der Waals surface area contributed by atoms with Crippen LogP contribution in [0, 0.1) is 12.8 Å².